The van der Waals surface area contributed by atoms with Crippen LogP contribution in [-0.4, -0.2) is 59.8 Å². The first kappa shape index (κ1) is 16.3. The summed E-state index contributed by atoms with van der Waals surface area (Å²) in [6, 6.07) is 2.25. The molecule has 7 nitrogen and oxygen atoms in total. The maximum absolute atomic E-state index is 11.7. The third-order valence-electron chi connectivity index (χ3n) is 3.76. The first-order valence-electron chi connectivity index (χ1n) is 7.90. The summed E-state index contributed by atoms with van der Waals surface area (Å²) in [5, 5.41) is 3.28. The summed E-state index contributed by atoms with van der Waals surface area (Å²) < 4.78 is 5.03. The Morgan fingerprint density at radius 3 is 2.73 bits per heavy atom. The van der Waals surface area contributed by atoms with Crippen molar-refractivity contribution in [1.29, 1.82) is 0 Å². The van der Waals surface area contributed by atoms with Crippen molar-refractivity contribution in [3.8, 4) is 0 Å². The van der Waals surface area contributed by atoms with Gasteiger partial charge >= 0.3 is 6.09 Å². The maximum atomic E-state index is 11.7. The van der Waals surface area contributed by atoms with Crippen LogP contribution >= 0.6 is 0 Å². The highest BCUT2D eigenvalue weighted by atomic mass is 16.6. The van der Waals surface area contributed by atoms with Crippen molar-refractivity contribution < 1.29 is 9.53 Å². The number of hydrogen-bond donors (Lipinski definition) is 1. The molecule has 1 N–H and O–H groups in total. The van der Waals surface area contributed by atoms with Crippen LogP contribution in [0.4, 0.5) is 16.6 Å². The molecular formula is C15H25N5O2. The van der Waals surface area contributed by atoms with E-state index in [1.165, 1.54) is 0 Å². The van der Waals surface area contributed by atoms with Gasteiger partial charge in [-0.1, -0.05) is 6.92 Å². The van der Waals surface area contributed by atoms with Gasteiger partial charge in [0.25, 0.3) is 0 Å². The fraction of sp³-hybridized carbons (Fsp3) is 0.667. The number of ether oxygens (including phenoxy) is 1. The Bertz CT molecular complexity index is 489. The van der Waals surface area contributed by atoms with Crippen molar-refractivity contribution in [1.82, 2.24) is 14.9 Å². The van der Waals surface area contributed by atoms with Crippen molar-refractivity contribution in [3.63, 3.8) is 0 Å². The van der Waals surface area contributed by atoms with E-state index >= 15 is 0 Å². The van der Waals surface area contributed by atoms with Gasteiger partial charge < -0.3 is 19.9 Å². The molecule has 122 valence electrons. The average molecular weight is 307 g/mol. The Balaban J connectivity index is 1.93. The third-order valence-corrected chi connectivity index (χ3v) is 3.76. The van der Waals surface area contributed by atoms with E-state index in [1.54, 1.807) is 11.1 Å². The van der Waals surface area contributed by atoms with Crippen molar-refractivity contribution in [2.45, 2.75) is 33.2 Å². The molecule has 1 aliphatic heterocycles. The van der Waals surface area contributed by atoms with Crippen LogP contribution in [0.1, 0.15) is 27.2 Å². The summed E-state index contributed by atoms with van der Waals surface area (Å²) in [5.41, 5.74) is 0. The molecule has 1 fully saturated rings. The van der Waals surface area contributed by atoms with Gasteiger partial charge in [0.2, 0.25) is 5.95 Å². The molecule has 1 amide bonds. The van der Waals surface area contributed by atoms with Crippen LogP contribution in [0.3, 0.4) is 0 Å². The predicted octanol–water partition coefficient (Wildman–Crippen LogP) is 1.97. The number of amides is 1. The maximum Gasteiger partial charge on any atom is 0.409 e. The van der Waals surface area contributed by atoms with E-state index in [-0.39, 0.29) is 6.09 Å². The molecule has 0 aromatic carbocycles. The number of hydrogen-bond acceptors (Lipinski definition) is 6. The highest BCUT2D eigenvalue weighted by Gasteiger charge is 2.22. The first-order valence-corrected chi connectivity index (χ1v) is 7.90. The molecule has 0 aliphatic carbocycles. The second-order valence-corrected chi connectivity index (χ2v) is 5.37. The summed E-state index contributed by atoms with van der Waals surface area (Å²) in [4.78, 5) is 24.4. The Morgan fingerprint density at radius 1 is 1.36 bits per heavy atom. The second-order valence-electron chi connectivity index (χ2n) is 5.37. The molecular weight excluding hydrogens is 282 g/mol. The molecule has 0 saturated carbocycles. The summed E-state index contributed by atoms with van der Waals surface area (Å²) in [6.07, 6.45) is 2.56. The number of aromatic nitrogens is 2. The van der Waals surface area contributed by atoms with Gasteiger partial charge in [0.15, 0.2) is 0 Å². The zero-order valence-electron chi connectivity index (χ0n) is 13.6. The highest BCUT2D eigenvalue weighted by molar-refractivity contribution is 5.68. The predicted molar refractivity (Wildman–Crippen MR) is 86.2 cm³/mol. The molecule has 1 aromatic rings. The van der Waals surface area contributed by atoms with Crippen LogP contribution in [0.2, 0.25) is 0 Å². The van der Waals surface area contributed by atoms with Gasteiger partial charge in [-0.05, 0) is 26.3 Å². The number of anilines is 2. The minimum absolute atomic E-state index is 0.232. The largest absolute Gasteiger partial charge is 0.450 e. The molecule has 7 heteroatoms. The standard InChI is InChI=1S/C15H25N5O2/c1-4-12(3)17-14-16-7-6-13(18-14)19-8-10-20(11-9-19)15(21)22-5-2/h6-7,12H,4-5,8-11H2,1-3H3,(H,16,17,18). The lowest BCUT2D eigenvalue weighted by Crippen LogP contribution is -2.49. The molecule has 1 aliphatic rings. The fourth-order valence-corrected chi connectivity index (χ4v) is 2.25. The lowest BCUT2D eigenvalue weighted by atomic mass is 10.3. The van der Waals surface area contributed by atoms with Crippen molar-refractivity contribution >= 4 is 17.9 Å². The SMILES string of the molecule is CCOC(=O)N1CCN(c2ccnc(NC(C)CC)n2)CC1. The van der Waals surface area contributed by atoms with Crippen molar-refractivity contribution in [2.75, 3.05) is 43.0 Å². The van der Waals surface area contributed by atoms with Gasteiger partial charge in [0, 0.05) is 38.4 Å². The minimum Gasteiger partial charge on any atom is -0.450 e. The second kappa shape index (κ2) is 7.82. The van der Waals surface area contributed by atoms with Crippen molar-refractivity contribution in [3.05, 3.63) is 12.3 Å². The minimum atomic E-state index is -0.232. The Hall–Kier alpha value is -2.05. The van der Waals surface area contributed by atoms with E-state index in [4.69, 9.17) is 4.74 Å². The average Bonchev–Trinajstić information content (AvgIpc) is 2.55. The topological polar surface area (TPSA) is 70.6 Å². The molecule has 0 radical (unpaired) electrons. The Labute approximate surface area is 131 Å². The molecule has 0 bridgehead atoms. The summed E-state index contributed by atoms with van der Waals surface area (Å²) >= 11 is 0. The zero-order chi connectivity index (χ0) is 15.9. The number of carbonyl (C=O) groups excluding carboxylic acids is 1. The van der Waals surface area contributed by atoms with Crippen LogP contribution in [0, 0.1) is 0 Å². The lowest BCUT2D eigenvalue weighted by molar-refractivity contribution is 0.105. The summed E-state index contributed by atoms with van der Waals surface area (Å²) in [7, 11) is 0. The van der Waals surface area contributed by atoms with E-state index in [1.807, 2.05) is 13.0 Å². The van der Waals surface area contributed by atoms with E-state index in [9.17, 15) is 4.79 Å². The fourth-order valence-electron chi connectivity index (χ4n) is 2.25. The van der Waals surface area contributed by atoms with Crippen LogP contribution < -0.4 is 10.2 Å². The molecule has 1 saturated heterocycles. The lowest BCUT2D eigenvalue weighted by Gasteiger charge is -2.34. The van der Waals surface area contributed by atoms with Gasteiger partial charge in [0.05, 0.1) is 6.61 Å². The van der Waals surface area contributed by atoms with Gasteiger partial charge in [-0.15, -0.1) is 0 Å². The molecule has 1 atom stereocenters. The number of carbonyl (C=O) groups is 1. The normalized spacial score (nSPS) is 16.3. The van der Waals surface area contributed by atoms with Gasteiger partial charge in [-0.25, -0.2) is 9.78 Å². The van der Waals surface area contributed by atoms with E-state index < -0.39 is 0 Å². The van der Waals surface area contributed by atoms with E-state index in [2.05, 4.69) is 34.0 Å². The number of nitrogens with one attached hydrogen (secondary N) is 1. The van der Waals surface area contributed by atoms with Crippen LogP contribution in [0.25, 0.3) is 0 Å². The van der Waals surface area contributed by atoms with Gasteiger partial charge in [-0.3, -0.25) is 0 Å². The van der Waals surface area contributed by atoms with Crippen LogP contribution in [-0.2, 0) is 4.74 Å². The molecule has 2 heterocycles. The Kier molecular flexibility index (Phi) is 5.80. The molecule has 22 heavy (non-hydrogen) atoms. The molecule has 1 aromatic heterocycles. The van der Waals surface area contributed by atoms with Crippen LogP contribution in [0.5, 0.6) is 0 Å². The molecule has 0 spiro atoms. The summed E-state index contributed by atoms with van der Waals surface area (Å²) in [6.45, 7) is 9.26. The van der Waals surface area contributed by atoms with E-state index in [0.29, 0.717) is 31.7 Å². The quantitative estimate of drug-likeness (QED) is 0.897. The smallest absolute Gasteiger partial charge is 0.409 e. The first-order chi connectivity index (χ1) is 10.6. The highest BCUT2D eigenvalue weighted by Crippen LogP contribution is 2.15. The monoisotopic (exact) mass is 307 g/mol. The molecule has 2 rings (SSSR count). The zero-order valence-corrected chi connectivity index (χ0v) is 13.6. The van der Waals surface area contributed by atoms with Crippen LogP contribution in [0.15, 0.2) is 12.3 Å². The summed E-state index contributed by atoms with van der Waals surface area (Å²) in [5.74, 6) is 1.55. The Morgan fingerprint density at radius 2 is 2.09 bits per heavy atom. The van der Waals surface area contributed by atoms with Crippen molar-refractivity contribution in [2.24, 2.45) is 0 Å². The third kappa shape index (κ3) is 4.22. The van der Waals surface area contributed by atoms with Gasteiger partial charge in [0.1, 0.15) is 5.82 Å². The van der Waals surface area contributed by atoms with E-state index in [0.717, 1.165) is 25.3 Å². The number of rotatable bonds is 5. The molecule has 1 unspecified atom stereocenters. The van der Waals surface area contributed by atoms with Gasteiger partial charge in [-0.2, -0.15) is 4.98 Å². The number of piperazine rings is 1. The number of nitrogens with zero attached hydrogens (tertiary/aromatic N) is 4.